The Bertz CT molecular complexity index is 1670. The molecule has 0 aromatic heterocycles. The Balaban J connectivity index is 1.76. The van der Waals surface area contributed by atoms with E-state index in [1.165, 1.54) is 24.1 Å². The zero-order valence-corrected chi connectivity index (χ0v) is 26.6. The Kier molecular flexibility index (Phi) is 11.3. The molecule has 0 aliphatic rings. The zero-order valence-electron chi connectivity index (χ0n) is 24.3. The van der Waals surface area contributed by atoms with Crippen molar-refractivity contribution >= 4 is 50.7 Å². The molecule has 1 atom stereocenters. The van der Waals surface area contributed by atoms with E-state index in [9.17, 15) is 18.0 Å². The summed E-state index contributed by atoms with van der Waals surface area (Å²) in [5, 5.41) is 3.30. The minimum absolute atomic E-state index is 0.0132. The number of nitrogens with zero attached hydrogens (tertiary/aromatic N) is 2. The number of hydrogen-bond acceptors (Lipinski definition) is 5. The van der Waals surface area contributed by atoms with Crippen molar-refractivity contribution in [3.05, 3.63) is 124 Å². The predicted octanol–water partition coefficient (Wildman–Crippen LogP) is 5.97. The van der Waals surface area contributed by atoms with Crippen molar-refractivity contribution in [2.75, 3.05) is 24.5 Å². The van der Waals surface area contributed by atoms with Gasteiger partial charge in [0.25, 0.3) is 10.0 Å². The molecule has 0 aliphatic carbocycles. The SMILES string of the molecule is CCOc1ccc(S(=O)(=O)N(CC(=O)N(Cc2ccc(Cl)c(Cl)c2)[C@@H](Cc2ccccc2)C(=O)NC)c2ccccc2)cc1. The van der Waals surface area contributed by atoms with Crippen molar-refractivity contribution in [1.82, 2.24) is 10.2 Å². The molecule has 4 rings (SSSR count). The average Bonchev–Trinajstić information content (AvgIpc) is 3.04. The van der Waals surface area contributed by atoms with Gasteiger partial charge >= 0.3 is 0 Å². The van der Waals surface area contributed by atoms with Gasteiger partial charge in [-0.3, -0.25) is 13.9 Å². The summed E-state index contributed by atoms with van der Waals surface area (Å²) >= 11 is 12.4. The van der Waals surface area contributed by atoms with E-state index in [0.717, 1.165) is 9.87 Å². The van der Waals surface area contributed by atoms with Gasteiger partial charge in [-0.05, 0) is 66.6 Å². The Labute approximate surface area is 268 Å². The number of rotatable bonds is 13. The fraction of sp³-hybridized carbons (Fsp3) is 0.212. The molecule has 230 valence electrons. The van der Waals surface area contributed by atoms with Crippen molar-refractivity contribution in [2.45, 2.75) is 30.8 Å². The van der Waals surface area contributed by atoms with Crippen LogP contribution < -0.4 is 14.4 Å². The molecule has 4 aromatic rings. The van der Waals surface area contributed by atoms with Crippen LogP contribution in [0.1, 0.15) is 18.1 Å². The van der Waals surface area contributed by atoms with Gasteiger partial charge in [-0.2, -0.15) is 0 Å². The first-order valence-corrected chi connectivity index (χ1v) is 16.1. The monoisotopic (exact) mass is 653 g/mol. The molecular formula is C33H33Cl2N3O5S. The normalized spacial score (nSPS) is 11.8. The van der Waals surface area contributed by atoms with E-state index in [-0.39, 0.29) is 17.9 Å². The van der Waals surface area contributed by atoms with E-state index in [2.05, 4.69) is 5.32 Å². The number of para-hydroxylation sites is 1. The summed E-state index contributed by atoms with van der Waals surface area (Å²) in [4.78, 5) is 29.0. The van der Waals surface area contributed by atoms with Gasteiger partial charge in [-0.1, -0.05) is 77.8 Å². The summed E-state index contributed by atoms with van der Waals surface area (Å²) in [5.41, 5.74) is 1.74. The second kappa shape index (κ2) is 15.1. The van der Waals surface area contributed by atoms with Gasteiger partial charge in [0.05, 0.1) is 27.2 Å². The summed E-state index contributed by atoms with van der Waals surface area (Å²) in [6.45, 7) is 1.68. The topological polar surface area (TPSA) is 96.0 Å². The molecule has 0 unspecified atom stereocenters. The highest BCUT2D eigenvalue weighted by Gasteiger charge is 2.34. The van der Waals surface area contributed by atoms with E-state index >= 15 is 0 Å². The lowest BCUT2D eigenvalue weighted by Gasteiger charge is -2.33. The van der Waals surface area contributed by atoms with Crippen LogP contribution in [0.4, 0.5) is 5.69 Å². The van der Waals surface area contributed by atoms with Crippen LogP contribution in [0, 0.1) is 0 Å². The third-order valence-electron chi connectivity index (χ3n) is 6.90. The van der Waals surface area contributed by atoms with Gasteiger partial charge in [0.1, 0.15) is 18.3 Å². The fourth-order valence-electron chi connectivity index (χ4n) is 4.68. The van der Waals surface area contributed by atoms with E-state index in [4.69, 9.17) is 27.9 Å². The molecule has 0 saturated heterocycles. The van der Waals surface area contributed by atoms with Gasteiger partial charge in [0.2, 0.25) is 11.8 Å². The lowest BCUT2D eigenvalue weighted by molar-refractivity contribution is -0.139. The Morgan fingerprint density at radius 2 is 1.48 bits per heavy atom. The number of halogens is 2. The quantitative estimate of drug-likeness (QED) is 0.192. The van der Waals surface area contributed by atoms with Gasteiger partial charge < -0.3 is 15.0 Å². The summed E-state index contributed by atoms with van der Waals surface area (Å²) < 4.78 is 34.6. The highest BCUT2D eigenvalue weighted by atomic mass is 35.5. The molecule has 0 aliphatic heterocycles. The smallest absolute Gasteiger partial charge is 0.264 e. The van der Waals surface area contributed by atoms with Crippen LogP contribution >= 0.6 is 23.2 Å². The number of ether oxygens (including phenoxy) is 1. The summed E-state index contributed by atoms with van der Waals surface area (Å²) in [6, 6.07) is 27.7. The maximum Gasteiger partial charge on any atom is 0.264 e. The van der Waals surface area contributed by atoms with Gasteiger partial charge in [0.15, 0.2) is 0 Å². The number of carbonyl (C=O) groups is 2. The van der Waals surface area contributed by atoms with Gasteiger partial charge in [0, 0.05) is 20.0 Å². The number of benzene rings is 4. The summed E-state index contributed by atoms with van der Waals surface area (Å²) in [7, 11) is -2.72. The van der Waals surface area contributed by atoms with Crippen LogP contribution in [-0.4, -0.2) is 51.4 Å². The number of nitrogens with one attached hydrogen (secondary N) is 1. The minimum Gasteiger partial charge on any atom is -0.494 e. The van der Waals surface area contributed by atoms with E-state index in [0.29, 0.717) is 33.7 Å². The Morgan fingerprint density at radius 1 is 0.841 bits per heavy atom. The Morgan fingerprint density at radius 3 is 2.07 bits per heavy atom. The number of carbonyl (C=O) groups excluding carboxylic acids is 2. The Hall–Kier alpha value is -4.05. The predicted molar refractivity (Wildman–Crippen MR) is 174 cm³/mol. The molecule has 4 aromatic carbocycles. The zero-order chi connectivity index (χ0) is 31.7. The first kappa shape index (κ1) is 32.9. The van der Waals surface area contributed by atoms with Gasteiger partial charge in [-0.15, -0.1) is 0 Å². The van der Waals surface area contributed by atoms with Crippen LogP contribution in [0.15, 0.2) is 108 Å². The lowest BCUT2D eigenvalue weighted by Crippen LogP contribution is -2.53. The number of likely N-dealkylation sites (N-methyl/N-ethyl adjacent to an activating group) is 1. The molecule has 44 heavy (non-hydrogen) atoms. The highest BCUT2D eigenvalue weighted by Crippen LogP contribution is 2.27. The number of hydrogen-bond donors (Lipinski definition) is 1. The molecule has 11 heteroatoms. The van der Waals surface area contributed by atoms with Crippen molar-refractivity contribution in [3.8, 4) is 5.75 Å². The third-order valence-corrected chi connectivity index (χ3v) is 9.43. The van der Waals surface area contributed by atoms with Crippen LogP contribution in [0.3, 0.4) is 0 Å². The van der Waals surface area contributed by atoms with E-state index < -0.39 is 34.4 Å². The van der Waals surface area contributed by atoms with Crippen LogP contribution in [-0.2, 0) is 32.6 Å². The number of amides is 2. The first-order valence-electron chi connectivity index (χ1n) is 13.9. The van der Waals surface area contributed by atoms with Crippen molar-refractivity contribution in [1.29, 1.82) is 0 Å². The molecule has 2 amide bonds. The summed E-state index contributed by atoms with van der Waals surface area (Å²) in [5.74, 6) is -0.460. The molecular weight excluding hydrogens is 621 g/mol. The molecule has 0 saturated carbocycles. The van der Waals surface area contributed by atoms with Crippen molar-refractivity contribution < 1.29 is 22.7 Å². The number of anilines is 1. The fourth-order valence-corrected chi connectivity index (χ4v) is 6.41. The molecule has 0 heterocycles. The average molecular weight is 655 g/mol. The molecule has 0 radical (unpaired) electrons. The maximum atomic E-state index is 14.3. The second-order valence-electron chi connectivity index (χ2n) is 9.84. The van der Waals surface area contributed by atoms with Gasteiger partial charge in [-0.25, -0.2) is 8.42 Å². The first-order chi connectivity index (χ1) is 21.1. The van der Waals surface area contributed by atoms with Crippen molar-refractivity contribution in [3.63, 3.8) is 0 Å². The van der Waals surface area contributed by atoms with Crippen molar-refractivity contribution in [2.24, 2.45) is 0 Å². The standard InChI is InChI=1S/C33H33Cl2N3O5S/c1-3-43-27-15-17-28(18-16-27)44(41,42)38(26-12-8-5-9-13-26)23-32(39)37(22-25-14-19-29(34)30(35)20-25)31(33(40)36-2)21-24-10-6-4-7-11-24/h4-20,31H,3,21-23H2,1-2H3,(H,36,40)/t31-/m0/s1. The molecule has 0 bridgehead atoms. The van der Waals surface area contributed by atoms with E-state index in [1.807, 2.05) is 37.3 Å². The molecule has 0 spiro atoms. The van der Waals surface area contributed by atoms with Crippen LogP contribution in [0.5, 0.6) is 5.75 Å². The van der Waals surface area contributed by atoms with Crippen LogP contribution in [0.2, 0.25) is 10.0 Å². The minimum atomic E-state index is -4.22. The summed E-state index contributed by atoms with van der Waals surface area (Å²) in [6.07, 6.45) is 0.199. The number of sulfonamides is 1. The van der Waals surface area contributed by atoms with Crippen LogP contribution in [0.25, 0.3) is 0 Å². The highest BCUT2D eigenvalue weighted by molar-refractivity contribution is 7.92. The maximum absolute atomic E-state index is 14.3. The molecule has 8 nitrogen and oxygen atoms in total. The molecule has 0 fully saturated rings. The van der Waals surface area contributed by atoms with E-state index in [1.54, 1.807) is 60.7 Å². The lowest BCUT2D eigenvalue weighted by atomic mass is 10.0. The third kappa shape index (κ3) is 8.11. The molecule has 1 N–H and O–H groups in total. The second-order valence-corrected chi connectivity index (χ2v) is 12.5. The largest absolute Gasteiger partial charge is 0.494 e.